The fourth-order valence-electron chi connectivity index (χ4n) is 2.87. The molecule has 1 aromatic carbocycles. The molecule has 0 atom stereocenters. The summed E-state index contributed by atoms with van der Waals surface area (Å²) < 4.78 is 1.94. The molecule has 0 saturated heterocycles. The molecule has 0 spiro atoms. The van der Waals surface area contributed by atoms with Crippen molar-refractivity contribution in [3.8, 4) is 0 Å². The average molecular weight is 310 g/mol. The lowest BCUT2D eigenvalue weighted by Gasteiger charge is -2.20. The van der Waals surface area contributed by atoms with E-state index in [2.05, 4.69) is 15.6 Å². The number of hydrogen-bond donors (Lipinski definition) is 1. The molecule has 120 valence electrons. The standard InChI is InChI=1S/C18H22N4O/c1-14-7-9-15(10-8-14)19-18(23)12-11-16-13-22(21-20-16)17-5-3-2-4-6-17/h7-13,17H,2-6H2,1H3,(H,19,23)/b12-11-. The molecular formula is C18H22N4O. The van der Waals surface area contributed by atoms with Crippen molar-refractivity contribution in [3.05, 3.63) is 47.8 Å². The normalized spacial score (nSPS) is 15.9. The number of nitrogens with one attached hydrogen (secondary N) is 1. The second kappa shape index (κ2) is 7.22. The van der Waals surface area contributed by atoms with Gasteiger partial charge in [0.25, 0.3) is 0 Å². The molecule has 0 bridgehead atoms. The molecule has 1 N–H and O–H groups in total. The molecule has 1 amide bonds. The van der Waals surface area contributed by atoms with Gasteiger partial charge in [0, 0.05) is 11.8 Å². The zero-order valence-corrected chi connectivity index (χ0v) is 13.4. The molecule has 5 heteroatoms. The van der Waals surface area contributed by atoms with Gasteiger partial charge in [-0.25, -0.2) is 4.68 Å². The van der Waals surface area contributed by atoms with Crippen molar-refractivity contribution in [3.63, 3.8) is 0 Å². The first-order chi connectivity index (χ1) is 11.2. The van der Waals surface area contributed by atoms with Crippen molar-refractivity contribution >= 4 is 17.7 Å². The second-order valence-electron chi connectivity index (χ2n) is 6.10. The Kier molecular flexibility index (Phi) is 4.86. The summed E-state index contributed by atoms with van der Waals surface area (Å²) in [5.74, 6) is -0.166. The van der Waals surface area contributed by atoms with Crippen LogP contribution in [0, 0.1) is 6.92 Å². The van der Waals surface area contributed by atoms with Crippen LogP contribution in [-0.4, -0.2) is 20.9 Å². The first kappa shape index (κ1) is 15.5. The lowest BCUT2D eigenvalue weighted by atomic mass is 9.96. The van der Waals surface area contributed by atoms with Gasteiger partial charge in [0.05, 0.1) is 12.2 Å². The molecule has 1 aromatic heterocycles. The van der Waals surface area contributed by atoms with E-state index in [4.69, 9.17) is 0 Å². The van der Waals surface area contributed by atoms with Gasteiger partial charge in [-0.2, -0.15) is 0 Å². The van der Waals surface area contributed by atoms with Crippen LogP contribution in [0.4, 0.5) is 5.69 Å². The van der Waals surface area contributed by atoms with Crippen LogP contribution in [0.1, 0.15) is 49.4 Å². The molecule has 0 unspecified atom stereocenters. The van der Waals surface area contributed by atoms with Gasteiger partial charge in [-0.05, 0) is 38.0 Å². The van der Waals surface area contributed by atoms with Crippen molar-refractivity contribution in [2.24, 2.45) is 0 Å². The van der Waals surface area contributed by atoms with Crippen molar-refractivity contribution in [2.75, 3.05) is 5.32 Å². The van der Waals surface area contributed by atoms with Gasteiger partial charge in [0.2, 0.25) is 5.91 Å². The van der Waals surface area contributed by atoms with Gasteiger partial charge in [-0.1, -0.05) is 42.2 Å². The number of benzene rings is 1. The fourth-order valence-corrected chi connectivity index (χ4v) is 2.87. The number of amides is 1. The molecule has 1 fully saturated rings. The van der Waals surface area contributed by atoms with Crippen LogP contribution in [0.15, 0.2) is 36.5 Å². The number of hydrogen-bond acceptors (Lipinski definition) is 3. The van der Waals surface area contributed by atoms with E-state index in [9.17, 15) is 4.79 Å². The van der Waals surface area contributed by atoms with Crippen LogP contribution in [0.5, 0.6) is 0 Å². The van der Waals surface area contributed by atoms with E-state index in [0.29, 0.717) is 6.04 Å². The molecule has 0 aliphatic heterocycles. The zero-order valence-electron chi connectivity index (χ0n) is 13.4. The molecule has 3 rings (SSSR count). The third kappa shape index (κ3) is 4.28. The summed E-state index contributed by atoms with van der Waals surface area (Å²) >= 11 is 0. The lowest BCUT2D eigenvalue weighted by Crippen LogP contribution is -2.13. The van der Waals surface area contributed by atoms with Crippen LogP contribution >= 0.6 is 0 Å². The van der Waals surface area contributed by atoms with Gasteiger partial charge < -0.3 is 5.32 Å². The largest absolute Gasteiger partial charge is 0.323 e. The van der Waals surface area contributed by atoms with Crippen molar-refractivity contribution in [1.82, 2.24) is 15.0 Å². The van der Waals surface area contributed by atoms with Gasteiger partial charge in [-0.15, -0.1) is 5.10 Å². The minimum atomic E-state index is -0.166. The quantitative estimate of drug-likeness (QED) is 0.875. The average Bonchev–Trinajstić information content (AvgIpc) is 3.05. The predicted molar refractivity (Wildman–Crippen MR) is 91.0 cm³/mol. The second-order valence-corrected chi connectivity index (χ2v) is 6.10. The van der Waals surface area contributed by atoms with E-state index in [0.717, 1.165) is 16.9 Å². The molecule has 1 saturated carbocycles. The molecule has 1 aliphatic carbocycles. The number of aromatic nitrogens is 3. The minimum absolute atomic E-state index is 0.166. The Labute approximate surface area is 136 Å². The molecule has 23 heavy (non-hydrogen) atoms. The summed E-state index contributed by atoms with van der Waals surface area (Å²) in [7, 11) is 0. The monoisotopic (exact) mass is 310 g/mol. The Morgan fingerprint density at radius 3 is 2.70 bits per heavy atom. The summed E-state index contributed by atoms with van der Waals surface area (Å²) in [5, 5.41) is 11.2. The number of anilines is 1. The Hall–Kier alpha value is -2.43. The maximum absolute atomic E-state index is 11.9. The maximum Gasteiger partial charge on any atom is 0.248 e. The first-order valence-electron chi connectivity index (χ1n) is 8.18. The molecular weight excluding hydrogens is 288 g/mol. The number of carbonyl (C=O) groups is 1. The topological polar surface area (TPSA) is 59.8 Å². The lowest BCUT2D eigenvalue weighted by molar-refractivity contribution is -0.111. The maximum atomic E-state index is 11.9. The third-order valence-electron chi connectivity index (χ3n) is 4.20. The van der Waals surface area contributed by atoms with Gasteiger partial charge in [0.1, 0.15) is 5.69 Å². The highest BCUT2D eigenvalue weighted by atomic mass is 16.1. The Morgan fingerprint density at radius 2 is 1.96 bits per heavy atom. The van der Waals surface area contributed by atoms with Gasteiger partial charge >= 0.3 is 0 Å². The van der Waals surface area contributed by atoms with Gasteiger partial charge in [0.15, 0.2) is 0 Å². The third-order valence-corrected chi connectivity index (χ3v) is 4.20. The highest BCUT2D eigenvalue weighted by Crippen LogP contribution is 2.27. The first-order valence-corrected chi connectivity index (χ1v) is 8.18. The smallest absolute Gasteiger partial charge is 0.248 e. The van der Waals surface area contributed by atoms with E-state index in [1.54, 1.807) is 6.08 Å². The van der Waals surface area contributed by atoms with E-state index in [-0.39, 0.29) is 5.91 Å². The highest BCUT2D eigenvalue weighted by molar-refractivity contribution is 6.01. The number of aryl methyl sites for hydroxylation is 1. The zero-order chi connectivity index (χ0) is 16.1. The van der Waals surface area contributed by atoms with Crippen LogP contribution in [0.3, 0.4) is 0 Å². The van der Waals surface area contributed by atoms with E-state index < -0.39 is 0 Å². The summed E-state index contributed by atoms with van der Waals surface area (Å²) in [5.41, 5.74) is 2.67. The molecule has 2 aromatic rings. The van der Waals surface area contributed by atoms with Crippen molar-refractivity contribution in [1.29, 1.82) is 0 Å². The SMILES string of the molecule is Cc1ccc(NC(=O)/C=C\c2cn(C3CCCCC3)nn2)cc1. The van der Waals surface area contributed by atoms with Crippen LogP contribution < -0.4 is 5.32 Å². The summed E-state index contributed by atoms with van der Waals surface area (Å²) in [6.45, 7) is 2.02. The van der Waals surface area contributed by atoms with Crippen LogP contribution in [0.2, 0.25) is 0 Å². The summed E-state index contributed by atoms with van der Waals surface area (Å²) in [4.78, 5) is 11.9. The Balaban J connectivity index is 1.57. The molecule has 0 radical (unpaired) electrons. The minimum Gasteiger partial charge on any atom is -0.323 e. The summed E-state index contributed by atoms with van der Waals surface area (Å²) in [6, 6.07) is 8.17. The van der Waals surface area contributed by atoms with Crippen LogP contribution in [-0.2, 0) is 4.79 Å². The Bertz CT molecular complexity index is 681. The number of rotatable bonds is 4. The number of carbonyl (C=O) groups excluding carboxylic acids is 1. The van der Waals surface area contributed by atoms with E-state index in [1.807, 2.05) is 42.1 Å². The predicted octanol–water partition coefficient (Wildman–Crippen LogP) is 3.74. The van der Waals surface area contributed by atoms with E-state index >= 15 is 0 Å². The highest BCUT2D eigenvalue weighted by Gasteiger charge is 2.16. The summed E-state index contributed by atoms with van der Waals surface area (Å²) in [6.07, 6.45) is 11.3. The Morgan fingerprint density at radius 1 is 1.22 bits per heavy atom. The van der Waals surface area contributed by atoms with Crippen molar-refractivity contribution < 1.29 is 4.79 Å². The molecule has 1 heterocycles. The number of nitrogens with zero attached hydrogens (tertiary/aromatic N) is 3. The molecule has 5 nitrogen and oxygen atoms in total. The fraction of sp³-hybridized carbons (Fsp3) is 0.389. The van der Waals surface area contributed by atoms with Crippen molar-refractivity contribution in [2.45, 2.75) is 45.1 Å². The van der Waals surface area contributed by atoms with E-state index in [1.165, 1.54) is 38.2 Å². The molecule has 1 aliphatic rings. The van der Waals surface area contributed by atoms with Crippen LogP contribution in [0.25, 0.3) is 6.08 Å². The van der Waals surface area contributed by atoms with Gasteiger partial charge in [-0.3, -0.25) is 4.79 Å².